The molecule has 0 atom stereocenters. The van der Waals surface area contributed by atoms with Gasteiger partial charge in [-0.1, -0.05) is 40.9 Å². The molecule has 1 heterocycles. The lowest BCUT2D eigenvalue weighted by molar-refractivity contribution is -0.116. The zero-order valence-corrected chi connectivity index (χ0v) is 16.3. The topological polar surface area (TPSA) is 79.4 Å². The van der Waals surface area contributed by atoms with E-state index in [0.29, 0.717) is 5.82 Å². The maximum Gasteiger partial charge on any atom is 0.246 e. The van der Waals surface area contributed by atoms with E-state index in [1.54, 1.807) is 25.1 Å². The molecular formula is C15H14Cl3N3O3S. The number of carbonyl (C=O) groups is 1. The fourth-order valence-corrected chi connectivity index (χ4v) is 4.63. The van der Waals surface area contributed by atoms with E-state index in [1.807, 2.05) is 0 Å². The van der Waals surface area contributed by atoms with Crippen LogP contribution in [-0.2, 0) is 14.8 Å². The molecule has 25 heavy (non-hydrogen) atoms. The molecule has 134 valence electrons. The minimum atomic E-state index is -4.08. The maximum absolute atomic E-state index is 12.6. The molecule has 0 spiro atoms. The van der Waals surface area contributed by atoms with Crippen LogP contribution in [0, 0.1) is 6.92 Å². The van der Waals surface area contributed by atoms with Gasteiger partial charge < -0.3 is 5.32 Å². The Morgan fingerprint density at radius 3 is 2.36 bits per heavy atom. The van der Waals surface area contributed by atoms with E-state index in [0.717, 1.165) is 10.00 Å². The van der Waals surface area contributed by atoms with Crippen LogP contribution in [0.1, 0.15) is 5.69 Å². The number of rotatable bonds is 5. The molecule has 0 saturated heterocycles. The number of carbonyl (C=O) groups excluding carboxylic acids is 1. The first-order valence-electron chi connectivity index (χ1n) is 6.95. The summed E-state index contributed by atoms with van der Waals surface area (Å²) < 4.78 is 26.1. The highest BCUT2D eigenvalue weighted by Gasteiger charge is 2.28. The van der Waals surface area contributed by atoms with Crippen LogP contribution in [0.25, 0.3) is 0 Å². The third-order valence-electron chi connectivity index (χ3n) is 3.15. The Balaban J connectivity index is 2.19. The van der Waals surface area contributed by atoms with Crippen molar-refractivity contribution in [2.24, 2.45) is 0 Å². The Kier molecular flexibility index (Phi) is 6.29. The van der Waals surface area contributed by atoms with Crippen molar-refractivity contribution < 1.29 is 13.2 Å². The smallest absolute Gasteiger partial charge is 0.246 e. The van der Waals surface area contributed by atoms with Crippen molar-refractivity contribution in [3.63, 3.8) is 0 Å². The maximum atomic E-state index is 12.6. The van der Waals surface area contributed by atoms with E-state index in [1.165, 1.54) is 19.2 Å². The standard InChI is InChI=1S/C15H14Cl3N3O3S/c1-9-4-3-5-13(19-9)20-14(22)8-21(2)25(23,24)15-11(17)6-10(16)7-12(15)18/h3-7H,8H2,1-2H3,(H,19,20,22). The summed E-state index contributed by atoms with van der Waals surface area (Å²) in [6, 6.07) is 7.65. The van der Waals surface area contributed by atoms with Gasteiger partial charge in [0.05, 0.1) is 16.6 Å². The normalized spacial score (nSPS) is 11.6. The number of hydrogen-bond acceptors (Lipinski definition) is 4. The lowest BCUT2D eigenvalue weighted by atomic mass is 10.4. The zero-order valence-electron chi connectivity index (χ0n) is 13.3. The third kappa shape index (κ3) is 4.83. The number of halogens is 3. The van der Waals surface area contributed by atoms with Crippen molar-refractivity contribution in [2.45, 2.75) is 11.8 Å². The number of pyridine rings is 1. The van der Waals surface area contributed by atoms with Gasteiger partial charge in [0.15, 0.2) is 0 Å². The van der Waals surface area contributed by atoms with Gasteiger partial charge in [0.2, 0.25) is 15.9 Å². The van der Waals surface area contributed by atoms with Crippen molar-refractivity contribution in [3.05, 3.63) is 51.1 Å². The van der Waals surface area contributed by atoms with Gasteiger partial charge in [-0.2, -0.15) is 4.31 Å². The monoisotopic (exact) mass is 421 g/mol. The van der Waals surface area contributed by atoms with Crippen LogP contribution in [0.4, 0.5) is 5.82 Å². The molecule has 1 amide bonds. The van der Waals surface area contributed by atoms with E-state index in [-0.39, 0.29) is 20.0 Å². The van der Waals surface area contributed by atoms with Crippen molar-refractivity contribution in [3.8, 4) is 0 Å². The van der Waals surface area contributed by atoms with Crippen molar-refractivity contribution in [1.29, 1.82) is 0 Å². The van der Waals surface area contributed by atoms with Gasteiger partial charge in [0.1, 0.15) is 10.7 Å². The summed E-state index contributed by atoms with van der Waals surface area (Å²) in [5.74, 6) is -0.219. The second kappa shape index (κ2) is 7.88. The largest absolute Gasteiger partial charge is 0.310 e. The Morgan fingerprint density at radius 2 is 1.80 bits per heavy atom. The molecule has 2 rings (SSSR count). The average molecular weight is 423 g/mol. The summed E-state index contributed by atoms with van der Waals surface area (Å²) in [6.07, 6.45) is 0. The van der Waals surface area contributed by atoms with Gasteiger partial charge in [-0.3, -0.25) is 4.79 Å². The minimum absolute atomic E-state index is 0.120. The molecule has 0 aliphatic heterocycles. The summed E-state index contributed by atoms with van der Waals surface area (Å²) in [4.78, 5) is 15.9. The predicted octanol–water partition coefficient (Wildman–Crippen LogP) is 3.61. The highest BCUT2D eigenvalue weighted by molar-refractivity contribution is 7.89. The Morgan fingerprint density at radius 1 is 1.20 bits per heavy atom. The molecule has 1 aromatic heterocycles. The predicted molar refractivity (Wildman–Crippen MR) is 98.9 cm³/mol. The first-order valence-corrected chi connectivity index (χ1v) is 9.53. The molecule has 1 N–H and O–H groups in total. The van der Waals surface area contributed by atoms with Crippen LogP contribution in [0.2, 0.25) is 15.1 Å². The van der Waals surface area contributed by atoms with Crippen LogP contribution in [-0.4, -0.2) is 37.2 Å². The van der Waals surface area contributed by atoms with E-state index < -0.39 is 22.5 Å². The first kappa shape index (κ1) is 19.9. The molecular weight excluding hydrogens is 409 g/mol. The Hall–Kier alpha value is -1.38. The Bertz CT molecular complexity index is 896. The molecule has 0 aliphatic rings. The quantitative estimate of drug-likeness (QED) is 0.798. The second-order valence-corrected chi connectivity index (χ2v) is 8.40. The van der Waals surface area contributed by atoms with Crippen LogP contribution in [0.5, 0.6) is 0 Å². The number of nitrogens with one attached hydrogen (secondary N) is 1. The summed E-state index contributed by atoms with van der Waals surface area (Å²) in [6.45, 7) is 1.34. The van der Waals surface area contributed by atoms with Crippen molar-refractivity contribution >= 4 is 56.6 Å². The highest BCUT2D eigenvalue weighted by atomic mass is 35.5. The SMILES string of the molecule is Cc1cccc(NC(=O)CN(C)S(=O)(=O)c2c(Cl)cc(Cl)cc2Cl)n1. The average Bonchev–Trinajstić information content (AvgIpc) is 2.45. The Labute approximate surface area is 160 Å². The minimum Gasteiger partial charge on any atom is -0.310 e. The number of sulfonamides is 1. The molecule has 6 nitrogen and oxygen atoms in total. The lowest BCUT2D eigenvalue weighted by Crippen LogP contribution is -2.35. The molecule has 10 heteroatoms. The number of aryl methyl sites for hydroxylation is 1. The number of aromatic nitrogens is 1. The molecule has 0 aliphatic carbocycles. The van der Waals surface area contributed by atoms with Gasteiger partial charge in [-0.05, 0) is 31.2 Å². The van der Waals surface area contributed by atoms with Gasteiger partial charge in [-0.25, -0.2) is 13.4 Å². The number of amides is 1. The summed E-state index contributed by atoms with van der Waals surface area (Å²) in [5.41, 5.74) is 0.721. The highest BCUT2D eigenvalue weighted by Crippen LogP contribution is 2.34. The molecule has 0 fully saturated rings. The van der Waals surface area contributed by atoms with Crippen LogP contribution >= 0.6 is 34.8 Å². The van der Waals surface area contributed by atoms with Gasteiger partial charge in [0, 0.05) is 17.8 Å². The number of nitrogens with zero attached hydrogens (tertiary/aromatic N) is 2. The molecule has 0 unspecified atom stereocenters. The van der Waals surface area contributed by atoms with E-state index in [9.17, 15) is 13.2 Å². The van der Waals surface area contributed by atoms with E-state index in [4.69, 9.17) is 34.8 Å². The van der Waals surface area contributed by atoms with Crippen LogP contribution in [0.15, 0.2) is 35.2 Å². The summed E-state index contributed by atoms with van der Waals surface area (Å²) >= 11 is 17.7. The zero-order chi connectivity index (χ0) is 18.8. The van der Waals surface area contributed by atoms with Crippen molar-refractivity contribution in [2.75, 3.05) is 18.9 Å². The van der Waals surface area contributed by atoms with E-state index >= 15 is 0 Å². The molecule has 0 bridgehead atoms. The lowest BCUT2D eigenvalue weighted by Gasteiger charge is -2.18. The van der Waals surface area contributed by atoms with Gasteiger partial charge in [-0.15, -0.1) is 0 Å². The molecule has 1 aromatic carbocycles. The second-order valence-electron chi connectivity index (χ2n) is 5.17. The van der Waals surface area contributed by atoms with Gasteiger partial charge in [0.25, 0.3) is 0 Å². The van der Waals surface area contributed by atoms with E-state index in [2.05, 4.69) is 10.3 Å². The summed E-state index contributed by atoms with van der Waals surface area (Å²) in [7, 11) is -2.83. The number of benzene rings is 1. The first-order chi connectivity index (χ1) is 11.6. The van der Waals surface area contributed by atoms with Gasteiger partial charge >= 0.3 is 0 Å². The third-order valence-corrected chi connectivity index (χ3v) is 6.10. The molecule has 2 aromatic rings. The number of hydrogen-bond donors (Lipinski definition) is 1. The number of anilines is 1. The summed E-state index contributed by atoms with van der Waals surface area (Å²) in [5, 5.41) is 2.50. The molecule has 0 radical (unpaired) electrons. The van der Waals surface area contributed by atoms with Crippen LogP contribution < -0.4 is 5.32 Å². The fourth-order valence-electron chi connectivity index (χ4n) is 2.01. The molecule has 0 saturated carbocycles. The van der Waals surface area contributed by atoms with Crippen molar-refractivity contribution in [1.82, 2.24) is 9.29 Å². The number of likely N-dealkylation sites (N-methyl/N-ethyl adjacent to an activating group) is 1. The van der Waals surface area contributed by atoms with Crippen LogP contribution in [0.3, 0.4) is 0 Å². The fraction of sp³-hybridized carbons (Fsp3) is 0.200.